The van der Waals surface area contributed by atoms with E-state index in [-0.39, 0.29) is 11.3 Å². The fraction of sp³-hybridized carbons (Fsp3) is 0.381. The van der Waals surface area contributed by atoms with Gasteiger partial charge >= 0.3 is 0 Å². The van der Waals surface area contributed by atoms with Gasteiger partial charge in [0.2, 0.25) is 5.91 Å². The molecule has 0 spiro atoms. The Balaban J connectivity index is 1.73. The summed E-state index contributed by atoms with van der Waals surface area (Å²) in [5, 5.41) is 0.0227. The number of amides is 1. The van der Waals surface area contributed by atoms with Gasteiger partial charge in [-0.25, -0.2) is 0 Å². The van der Waals surface area contributed by atoms with Crippen LogP contribution in [0.1, 0.15) is 16.5 Å². The standard InChI is InChI=1S/C21H26N2O3S/c1-22(2)11-12-23-20(24)15-27-21(23)17-9-10-18(19(13-17)25-3)26-14-16-7-5-4-6-8-16/h4-10,13,21H,11-12,14-15H2,1-3H3. The van der Waals surface area contributed by atoms with Crippen molar-refractivity contribution < 1.29 is 14.3 Å². The number of nitrogens with zero attached hydrogens (tertiary/aromatic N) is 2. The van der Waals surface area contributed by atoms with Gasteiger partial charge in [0, 0.05) is 13.1 Å². The van der Waals surface area contributed by atoms with E-state index in [0.717, 1.165) is 24.2 Å². The lowest BCUT2D eigenvalue weighted by Crippen LogP contribution is -2.34. The van der Waals surface area contributed by atoms with Gasteiger partial charge in [0.25, 0.3) is 0 Å². The van der Waals surface area contributed by atoms with Gasteiger partial charge in [-0.3, -0.25) is 4.79 Å². The predicted molar refractivity (Wildman–Crippen MR) is 109 cm³/mol. The number of likely N-dealkylation sites (N-methyl/N-ethyl adjacent to an activating group) is 1. The quantitative estimate of drug-likeness (QED) is 0.695. The number of carbonyl (C=O) groups is 1. The van der Waals surface area contributed by atoms with E-state index in [0.29, 0.717) is 23.9 Å². The van der Waals surface area contributed by atoms with Crippen molar-refractivity contribution in [3.8, 4) is 11.5 Å². The first-order valence-electron chi connectivity index (χ1n) is 8.99. The first-order valence-corrected chi connectivity index (χ1v) is 10.0. The van der Waals surface area contributed by atoms with E-state index in [1.807, 2.05) is 67.5 Å². The van der Waals surface area contributed by atoms with Crippen LogP contribution in [-0.2, 0) is 11.4 Å². The number of benzene rings is 2. The summed E-state index contributed by atoms with van der Waals surface area (Å²) in [6, 6.07) is 16.0. The van der Waals surface area contributed by atoms with E-state index in [2.05, 4.69) is 4.90 Å². The van der Waals surface area contributed by atoms with E-state index < -0.39 is 0 Å². The number of ether oxygens (including phenoxy) is 2. The molecule has 1 aliphatic heterocycles. The molecule has 0 bridgehead atoms. The van der Waals surface area contributed by atoms with E-state index in [1.54, 1.807) is 18.9 Å². The molecule has 27 heavy (non-hydrogen) atoms. The number of hydrogen-bond donors (Lipinski definition) is 0. The van der Waals surface area contributed by atoms with E-state index >= 15 is 0 Å². The highest BCUT2D eigenvalue weighted by atomic mass is 32.2. The Morgan fingerprint density at radius 3 is 2.63 bits per heavy atom. The Kier molecular flexibility index (Phi) is 6.63. The molecule has 1 amide bonds. The summed E-state index contributed by atoms with van der Waals surface area (Å²) in [6.07, 6.45) is 0. The topological polar surface area (TPSA) is 42.0 Å². The third kappa shape index (κ3) is 4.96. The fourth-order valence-corrected chi connectivity index (χ4v) is 4.18. The van der Waals surface area contributed by atoms with Crippen LogP contribution in [0.2, 0.25) is 0 Å². The van der Waals surface area contributed by atoms with Crippen molar-refractivity contribution in [3.63, 3.8) is 0 Å². The van der Waals surface area contributed by atoms with Crippen molar-refractivity contribution in [3.05, 3.63) is 59.7 Å². The lowest BCUT2D eigenvalue weighted by molar-refractivity contribution is -0.128. The molecule has 3 rings (SSSR count). The van der Waals surface area contributed by atoms with Crippen molar-refractivity contribution >= 4 is 17.7 Å². The van der Waals surface area contributed by atoms with Gasteiger partial charge in [-0.1, -0.05) is 36.4 Å². The summed E-state index contributed by atoms with van der Waals surface area (Å²) < 4.78 is 11.5. The van der Waals surface area contributed by atoms with Crippen LogP contribution in [0, 0.1) is 0 Å². The minimum absolute atomic E-state index is 0.0227. The van der Waals surface area contributed by atoms with Gasteiger partial charge in [-0.05, 0) is 37.4 Å². The molecular formula is C21H26N2O3S. The van der Waals surface area contributed by atoms with Gasteiger partial charge in [0.05, 0.1) is 12.9 Å². The summed E-state index contributed by atoms with van der Waals surface area (Å²) in [7, 11) is 5.68. The van der Waals surface area contributed by atoms with Crippen molar-refractivity contribution in [1.29, 1.82) is 0 Å². The summed E-state index contributed by atoms with van der Waals surface area (Å²) in [5.41, 5.74) is 2.17. The third-order valence-electron chi connectivity index (χ3n) is 4.47. The maximum absolute atomic E-state index is 12.3. The van der Waals surface area contributed by atoms with Crippen molar-refractivity contribution in [2.45, 2.75) is 12.0 Å². The highest BCUT2D eigenvalue weighted by Gasteiger charge is 2.33. The predicted octanol–water partition coefficient (Wildman–Crippen LogP) is 3.41. The number of thioether (sulfide) groups is 1. The number of carbonyl (C=O) groups excluding carboxylic acids is 1. The zero-order chi connectivity index (χ0) is 19.2. The maximum atomic E-state index is 12.3. The molecule has 1 atom stereocenters. The van der Waals surface area contributed by atoms with Crippen LogP contribution >= 0.6 is 11.8 Å². The summed E-state index contributed by atoms with van der Waals surface area (Å²) in [4.78, 5) is 16.3. The smallest absolute Gasteiger partial charge is 0.233 e. The van der Waals surface area contributed by atoms with Crippen LogP contribution < -0.4 is 9.47 Å². The van der Waals surface area contributed by atoms with Crippen molar-refractivity contribution in [1.82, 2.24) is 9.80 Å². The van der Waals surface area contributed by atoms with Crippen molar-refractivity contribution in [2.75, 3.05) is 40.0 Å². The molecular weight excluding hydrogens is 360 g/mol. The van der Waals surface area contributed by atoms with Gasteiger partial charge in [-0.2, -0.15) is 0 Å². The van der Waals surface area contributed by atoms with Gasteiger partial charge in [0.1, 0.15) is 12.0 Å². The van der Waals surface area contributed by atoms with Gasteiger partial charge in [-0.15, -0.1) is 11.8 Å². The molecule has 2 aromatic rings. The molecule has 1 aliphatic rings. The molecule has 0 N–H and O–H groups in total. The minimum atomic E-state index is 0.0227. The van der Waals surface area contributed by atoms with E-state index in [9.17, 15) is 4.79 Å². The SMILES string of the molecule is COc1cc(C2SCC(=O)N2CCN(C)C)ccc1OCc1ccccc1. The zero-order valence-corrected chi connectivity index (χ0v) is 16.9. The summed E-state index contributed by atoms with van der Waals surface area (Å²) in [6.45, 7) is 2.05. The second kappa shape index (κ2) is 9.15. The van der Waals surface area contributed by atoms with Crippen molar-refractivity contribution in [2.24, 2.45) is 0 Å². The summed E-state index contributed by atoms with van der Waals surface area (Å²) in [5.74, 6) is 2.11. The van der Waals surface area contributed by atoms with Gasteiger partial charge in [0.15, 0.2) is 11.5 Å². The molecule has 1 heterocycles. The Morgan fingerprint density at radius 1 is 1.15 bits per heavy atom. The first-order chi connectivity index (χ1) is 13.1. The van der Waals surface area contributed by atoms with E-state index in [1.165, 1.54) is 0 Å². The lowest BCUT2D eigenvalue weighted by Gasteiger charge is -2.26. The Bertz CT molecular complexity index is 767. The number of hydrogen-bond acceptors (Lipinski definition) is 5. The van der Waals surface area contributed by atoms with Crippen LogP contribution in [-0.4, -0.2) is 55.8 Å². The molecule has 1 saturated heterocycles. The molecule has 5 nitrogen and oxygen atoms in total. The third-order valence-corrected chi connectivity index (χ3v) is 5.72. The Hall–Kier alpha value is -2.18. The number of rotatable bonds is 8. The molecule has 2 aromatic carbocycles. The van der Waals surface area contributed by atoms with Crippen LogP contribution in [0.5, 0.6) is 11.5 Å². The maximum Gasteiger partial charge on any atom is 0.233 e. The molecule has 0 saturated carbocycles. The largest absolute Gasteiger partial charge is 0.493 e. The molecule has 144 valence electrons. The average Bonchev–Trinajstić information content (AvgIpc) is 3.05. The molecule has 0 aliphatic carbocycles. The van der Waals surface area contributed by atoms with Gasteiger partial charge < -0.3 is 19.3 Å². The second-order valence-corrected chi connectivity index (χ2v) is 7.81. The van der Waals surface area contributed by atoms with Crippen LogP contribution in [0.15, 0.2) is 48.5 Å². The lowest BCUT2D eigenvalue weighted by atomic mass is 10.1. The number of methoxy groups -OCH3 is 1. The first kappa shape index (κ1) is 19.6. The van der Waals surface area contributed by atoms with Crippen LogP contribution in [0.3, 0.4) is 0 Å². The molecule has 6 heteroatoms. The highest BCUT2D eigenvalue weighted by molar-refractivity contribution is 8.00. The van der Waals surface area contributed by atoms with E-state index in [4.69, 9.17) is 9.47 Å². The summed E-state index contributed by atoms with van der Waals surface area (Å²) >= 11 is 1.66. The Labute approximate surface area is 165 Å². The molecule has 1 unspecified atom stereocenters. The second-order valence-electron chi connectivity index (χ2n) is 6.74. The highest BCUT2D eigenvalue weighted by Crippen LogP contribution is 2.41. The molecule has 0 aromatic heterocycles. The monoisotopic (exact) mass is 386 g/mol. The molecule has 0 radical (unpaired) electrons. The Morgan fingerprint density at radius 2 is 1.93 bits per heavy atom. The molecule has 1 fully saturated rings. The normalized spacial score (nSPS) is 16.8. The fourth-order valence-electron chi connectivity index (χ4n) is 2.97. The minimum Gasteiger partial charge on any atom is -0.493 e. The van der Waals surface area contributed by atoms with Crippen LogP contribution in [0.25, 0.3) is 0 Å². The van der Waals surface area contributed by atoms with Crippen LogP contribution in [0.4, 0.5) is 0 Å². The zero-order valence-electron chi connectivity index (χ0n) is 16.1. The average molecular weight is 387 g/mol.